The highest BCUT2D eigenvalue weighted by Crippen LogP contribution is 2.35. The van der Waals surface area contributed by atoms with Gasteiger partial charge in [-0.1, -0.05) is 12.8 Å². The fourth-order valence-electron chi connectivity index (χ4n) is 3.11. The minimum atomic E-state index is -0.674. The average molecular weight is 289 g/mol. The summed E-state index contributed by atoms with van der Waals surface area (Å²) in [6, 6.07) is 1.48. The van der Waals surface area contributed by atoms with E-state index >= 15 is 0 Å². The van der Waals surface area contributed by atoms with Gasteiger partial charge in [-0.3, -0.25) is 9.69 Å². The standard InChI is InChI=1S/C14H19N5O2/c1-9-7-10(15-2)17-11(16-9)8-19-12(20)14(18-13(19)21)5-3-4-6-14/h7H,3-6,8H2,1-2H3,(H,18,21)(H,15,16,17). The van der Waals surface area contributed by atoms with Crippen LogP contribution >= 0.6 is 0 Å². The molecule has 1 spiro atoms. The SMILES string of the molecule is CNc1cc(C)nc(CN2C(=O)NC3(CCCC3)C2=O)n1. The number of aromatic nitrogens is 2. The van der Waals surface area contributed by atoms with Crippen LogP contribution < -0.4 is 10.6 Å². The molecule has 2 fully saturated rings. The third-order valence-electron chi connectivity index (χ3n) is 4.16. The van der Waals surface area contributed by atoms with Crippen molar-refractivity contribution in [2.75, 3.05) is 12.4 Å². The van der Waals surface area contributed by atoms with Gasteiger partial charge in [0.25, 0.3) is 5.91 Å². The van der Waals surface area contributed by atoms with Crippen molar-refractivity contribution >= 4 is 17.8 Å². The highest BCUT2D eigenvalue weighted by molar-refractivity contribution is 6.07. The number of rotatable bonds is 3. The first-order valence-electron chi connectivity index (χ1n) is 7.20. The number of amides is 3. The van der Waals surface area contributed by atoms with Gasteiger partial charge in [-0.2, -0.15) is 0 Å². The Hall–Kier alpha value is -2.18. The first kappa shape index (κ1) is 13.8. The van der Waals surface area contributed by atoms with Crippen LogP contribution in [-0.2, 0) is 11.3 Å². The molecule has 1 aliphatic carbocycles. The van der Waals surface area contributed by atoms with Crippen LogP contribution in [0.25, 0.3) is 0 Å². The quantitative estimate of drug-likeness (QED) is 0.816. The molecule has 0 unspecified atom stereocenters. The summed E-state index contributed by atoms with van der Waals surface area (Å²) < 4.78 is 0. The second-order valence-corrected chi connectivity index (χ2v) is 5.67. The number of nitrogens with one attached hydrogen (secondary N) is 2. The number of hydrogen-bond acceptors (Lipinski definition) is 5. The normalized spacial score (nSPS) is 20.2. The molecule has 0 bridgehead atoms. The first-order chi connectivity index (χ1) is 10.0. The molecule has 1 saturated heterocycles. The Morgan fingerprint density at radius 2 is 2.05 bits per heavy atom. The summed E-state index contributed by atoms with van der Waals surface area (Å²) >= 11 is 0. The van der Waals surface area contributed by atoms with E-state index in [0.717, 1.165) is 31.4 Å². The first-order valence-corrected chi connectivity index (χ1v) is 7.20. The maximum Gasteiger partial charge on any atom is 0.325 e. The highest BCUT2D eigenvalue weighted by atomic mass is 16.2. The Kier molecular flexibility index (Phi) is 3.27. The lowest BCUT2D eigenvalue weighted by atomic mass is 9.98. The summed E-state index contributed by atoms with van der Waals surface area (Å²) in [7, 11) is 1.77. The molecular formula is C14H19N5O2. The van der Waals surface area contributed by atoms with Crippen molar-refractivity contribution in [3.63, 3.8) is 0 Å². The molecule has 1 aromatic heterocycles. The molecule has 2 heterocycles. The molecule has 2 aliphatic rings. The van der Waals surface area contributed by atoms with Gasteiger partial charge in [0.2, 0.25) is 0 Å². The minimum absolute atomic E-state index is 0.114. The van der Waals surface area contributed by atoms with E-state index in [9.17, 15) is 9.59 Å². The number of imide groups is 1. The molecule has 3 rings (SSSR count). The maximum absolute atomic E-state index is 12.6. The van der Waals surface area contributed by atoms with E-state index in [1.165, 1.54) is 4.90 Å². The van der Waals surface area contributed by atoms with Crippen molar-refractivity contribution in [1.29, 1.82) is 0 Å². The van der Waals surface area contributed by atoms with Crippen molar-refractivity contribution in [1.82, 2.24) is 20.2 Å². The summed E-state index contributed by atoms with van der Waals surface area (Å²) in [5.74, 6) is 1.01. The largest absolute Gasteiger partial charge is 0.373 e. The van der Waals surface area contributed by atoms with Crippen molar-refractivity contribution in [2.45, 2.75) is 44.7 Å². The van der Waals surface area contributed by atoms with Gasteiger partial charge in [0.05, 0.1) is 6.54 Å². The number of carbonyl (C=O) groups excluding carboxylic acids is 2. The Bertz CT molecular complexity index is 595. The van der Waals surface area contributed by atoms with Crippen molar-refractivity contribution in [2.24, 2.45) is 0 Å². The molecule has 21 heavy (non-hydrogen) atoms. The van der Waals surface area contributed by atoms with Crippen LogP contribution in [0, 0.1) is 6.92 Å². The lowest BCUT2D eigenvalue weighted by Gasteiger charge is -2.19. The monoisotopic (exact) mass is 289 g/mol. The zero-order chi connectivity index (χ0) is 15.0. The van der Waals surface area contributed by atoms with Crippen molar-refractivity contribution in [3.8, 4) is 0 Å². The number of urea groups is 1. The van der Waals surface area contributed by atoms with Gasteiger partial charge in [0, 0.05) is 18.8 Å². The third-order valence-corrected chi connectivity index (χ3v) is 4.16. The molecule has 7 heteroatoms. The zero-order valence-corrected chi connectivity index (χ0v) is 12.3. The van der Waals surface area contributed by atoms with E-state index in [4.69, 9.17) is 0 Å². The molecule has 0 atom stereocenters. The molecular weight excluding hydrogens is 270 g/mol. The van der Waals surface area contributed by atoms with Crippen LogP contribution in [0.5, 0.6) is 0 Å². The molecule has 1 saturated carbocycles. The van der Waals surface area contributed by atoms with Gasteiger partial charge in [0.15, 0.2) is 5.82 Å². The predicted molar refractivity (Wildman–Crippen MR) is 76.6 cm³/mol. The van der Waals surface area contributed by atoms with E-state index in [1.54, 1.807) is 7.05 Å². The Morgan fingerprint density at radius 3 is 2.71 bits per heavy atom. The lowest BCUT2D eigenvalue weighted by molar-refractivity contribution is -0.131. The molecule has 0 aromatic carbocycles. The Labute approximate surface area is 123 Å². The topological polar surface area (TPSA) is 87.2 Å². The molecule has 1 aliphatic heterocycles. The van der Waals surface area contributed by atoms with Crippen LogP contribution in [0.3, 0.4) is 0 Å². The van der Waals surface area contributed by atoms with E-state index in [2.05, 4.69) is 20.6 Å². The van der Waals surface area contributed by atoms with Crippen LogP contribution in [0.2, 0.25) is 0 Å². The van der Waals surface area contributed by atoms with Crippen molar-refractivity contribution in [3.05, 3.63) is 17.6 Å². The Morgan fingerprint density at radius 1 is 1.33 bits per heavy atom. The van der Waals surface area contributed by atoms with E-state index < -0.39 is 5.54 Å². The second-order valence-electron chi connectivity index (χ2n) is 5.67. The van der Waals surface area contributed by atoms with E-state index in [-0.39, 0.29) is 18.5 Å². The molecule has 7 nitrogen and oxygen atoms in total. The average Bonchev–Trinajstić information content (AvgIpc) is 3.00. The number of nitrogens with zero attached hydrogens (tertiary/aromatic N) is 3. The highest BCUT2D eigenvalue weighted by Gasteiger charge is 2.52. The van der Waals surface area contributed by atoms with Gasteiger partial charge in [-0.05, 0) is 19.8 Å². The molecule has 2 N–H and O–H groups in total. The van der Waals surface area contributed by atoms with Gasteiger partial charge >= 0.3 is 6.03 Å². The Balaban J connectivity index is 1.83. The van der Waals surface area contributed by atoms with Gasteiger partial charge < -0.3 is 10.6 Å². The number of aryl methyl sites for hydroxylation is 1. The smallest absolute Gasteiger partial charge is 0.325 e. The molecule has 1 aromatic rings. The van der Waals surface area contributed by atoms with E-state index in [1.807, 2.05) is 13.0 Å². The van der Waals surface area contributed by atoms with Crippen LogP contribution in [0.1, 0.15) is 37.2 Å². The lowest BCUT2D eigenvalue weighted by Crippen LogP contribution is -2.44. The second kappa shape index (κ2) is 4.98. The fourth-order valence-corrected chi connectivity index (χ4v) is 3.11. The summed E-state index contributed by atoms with van der Waals surface area (Å²) in [5, 5.41) is 5.81. The summed E-state index contributed by atoms with van der Waals surface area (Å²) in [6.07, 6.45) is 3.41. The van der Waals surface area contributed by atoms with Gasteiger partial charge in [0.1, 0.15) is 11.4 Å². The predicted octanol–water partition coefficient (Wildman–Crippen LogP) is 1.19. The molecule has 112 valence electrons. The zero-order valence-electron chi connectivity index (χ0n) is 12.3. The molecule has 3 amide bonds. The number of carbonyl (C=O) groups is 2. The number of hydrogen-bond donors (Lipinski definition) is 2. The van der Waals surface area contributed by atoms with Crippen LogP contribution in [0.4, 0.5) is 10.6 Å². The van der Waals surface area contributed by atoms with Gasteiger partial charge in [-0.25, -0.2) is 14.8 Å². The van der Waals surface area contributed by atoms with Crippen molar-refractivity contribution < 1.29 is 9.59 Å². The van der Waals surface area contributed by atoms with Crippen LogP contribution in [-0.4, -0.2) is 39.4 Å². The summed E-state index contributed by atoms with van der Waals surface area (Å²) in [5.41, 5.74) is 0.124. The number of anilines is 1. The minimum Gasteiger partial charge on any atom is -0.373 e. The van der Waals surface area contributed by atoms with Gasteiger partial charge in [-0.15, -0.1) is 0 Å². The van der Waals surface area contributed by atoms with Crippen LogP contribution in [0.15, 0.2) is 6.07 Å². The summed E-state index contributed by atoms with van der Waals surface area (Å²) in [6.45, 7) is 1.97. The maximum atomic E-state index is 12.6. The third kappa shape index (κ3) is 2.32. The molecule has 0 radical (unpaired) electrons. The fraction of sp³-hybridized carbons (Fsp3) is 0.571. The van der Waals surface area contributed by atoms with E-state index in [0.29, 0.717) is 11.6 Å². The summed E-state index contributed by atoms with van der Waals surface area (Å²) in [4.78, 5) is 34.5.